The van der Waals surface area contributed by atoms with Crippen LogP contribution in [0.4, 0.5) is 14.6 Å². The first kappa shape index (κ1) is 25.4. The molecule has 0 aliphatic carbocycles. The number of rotatable bonds is 4. The van der Waals surface area contributed by atoms with Crippen molar-refractivity contribution in [2.24, 2.45) is 0 Å². The highest BCUT2D eigenvalue weighted by Gasteiger charge is 2.56. The summed E-state index contributed by atoms with van der Waals surface area (Å²) in [6.45, 7) is 7.63. The predicted molar refractivity (Wildman–Crippen MR) is 137 cm³/mol. The van der Waals surface area contributed by atoms with E-state index in [1.54, 1.807) is 18.7 Å². The zero-order valence-corrected chi connectivity index (χ0v) is 22.0. The Hall–Kier alpha value is -3.25. The smallest absolute Gasteiger partial charge is 0.418 e. The number of ether oxygens (including phenoxy) is 1. The molecule has 3 saturated heterocycles. The van der Waals surface area contributed by atoms with Gasteiger partial charge in [-0.1, -0.05) is 11.3 Å². The van der Waals surface area contributed by atoms with E-state index >= 15 is 0 Å². The van der Waals surface area contributed by atoms with Gasteiger partial charge in [0, 0.05) is 42.8 Å². The van der Waals surface area contributed by atoms with Crippen molar-refractivity contribution in [3.8, 4) is 0 Å². The van der Waals surface area contributed by atoms with Crippen LogP contribution in [-0.4, -0.2) is 92.7 Å². The number of hydrogen-bond acceptors (Lipinski definition) is 8. The molecule has 37 heavy (non-hydrogen) atoms. The topological polar surface area (TPSA) is 132 Å². The maximum Gasteiger partial charge on any atom is 0.418 e. The summed E-state index contributed by atoms with van der Waals surface area (Å²) >= 11 is 1.16. The van der Waals surface area contributed by atoms with Gasteiger partial charge in [0.05, 0.1) is 5.56 Å². The Kier molecular flexibility index (Phi) is 6.57. The number of pyridine rings is 1. The molecule has 2 N–H and O–H groups in total. The Morgan fingerprint density at radius 3 is 2.59 bits per heavy atom. The molecular weight excluding hydrogens is 498 g/mol. The molecule has 1 spiro atoms. The molecule has 3 fully saturated rings. The number of imide groups is 1. The lowest BCUT2D eigenvalue weighted by molar-refractivity contribution is -0.143. The number of nitrogens with zero attached hydrogens (tertiary/aromatic N) is 4. The number of anilines is 1. The molecule has 198 valence electrons. The van der Waals surface area contributed by atoms with Gasteiger partial charge >= 0.3 is 12.2 Å². The standard InChI is InChI=1S/C25H31N5O6S/c1-14(2)30-22(32)25(36-24(30)35)9-4-10-29(13-25)16-7-11-28(12-8-16)21(31)18-17-6-5-15(3)26-19(17)37-20(18)27-23(33)34/h5-6,14,16,27H,4,7-13H2,1-3H3,(H,33,34). The van der Waals surface area contributed by atoms with Crippen molar-refractivity contribution >= 4 is 50.6 Å². The number of carboxylic acid groups (broad SMARTS) is 1. The number of hydrogen-bond donors (Lipinski definition) is 2. The summed E-state index contributed by atoms with van der Waals surface area (Å²) in [5.41, 5.74) is 0.00483. The molecule has 3 aliphatic rings. The third-order valence-corrected chi connectivity index (χ3v) is 8.50. The second-order valence-corrected chi connectivity index (χ2v) is 11.3. The quantitative estimate of drug-likeness (QED) is 0.615. The van der Waals surface area contributed by atoms with E-state index in [0.717, 1.165) is 30.0 Å². The van der Waals surface area contributed by atoms with Crippen molar-refractivity contribution in [2.75, 3.05) is 31.5 Å². The van der Waals surface area contributed by atoms with Crippen LogP contribution in [0.25, 0.3) is 10.2 Å². The van der Waals surface area contributed by atoms with Gasteiger partial charge in [0.25, 0.3) is 11.8 Å². The van der Waals surface area contributed by atoms with E-state index in [4.69, 9.17) is 4.74 Å². The van der Waals surface area contributed by atoms with E-state index in [2.05, 4.69) is 15.2 Å². The molecule has 11 nitrogen and oxygen atoms in total. The number of amides is 4. The van der Waals surface area contributed by atoms with Gasteiger partial charge in [-0.2, -0.15) is 0 Å². The Morgan fingerprint density at radius 2 is 1.95 bits per heavy atom. The molecule has 1 atom stereocenters. The van der Waals surface area contributed by atoms with Gasteiger partial charge in [0.15, 0.2) is 0 Å². The van der Waals surface area contributed by atoms with Gasteiger partial charge in [-0.3, -0.25) is 19.8 Å². The van der Waals surface area contributed by atoms with Gasteiger partial charge in [0.2, 0.25) is 5.60 Å². The highest BCUT2D eigenvalue weighted by atomic mass is 32.1. The number of nitrogens with one attached hydrogen (secondary N) is 1. The van der Waals surface area contributed by atoms with Gasteiger partial charge in [-0.15, -0.1) is 0 Å². The first-order valence-corrected chi connectivity index (χ1v) is 13.4. The van der Waals surface area contributed by atoms with E-state index in [-0.39, 0.29) is 28.9 Å². The molecule has 0 radical (unpaired) electrons. The van der Waals surface area contributed by atoms with Gasteiger partial charge in [0.1, 0.15) is 9.83 Å². The Balaban J connectivity index is 1.29. The van der Waals surface area contributed by atoms with Gasteiger partial charge in [-0.25, -0.2) is 19.5 Å². The molecular formula is C25H31N5O6S. The minimum atomic E-state index is -1.23. The molecule has 2 aromatic heterocycles. The van der Waals surface area contributed by atoms with Crippen molar-refractivity contribution in [1.29, 1.82) is 0 Å². The van der Waals surface area contributed by atoms with E-state index < -0.39 is 17.8 Å². The van der Waals surface area contributed by atoms with Crippen LogP contribution < -0.4 is 5.32 Å². The Bertz CT molecular complexity index is 1270. The largest absolute Gasteiger partial charge is 0.465 e. The maximum absolute atomic E-state index is 13.6. The second kappa shape index (κ2) is 9.56. The third kappa shape index (κ3) is 4.52. The number of likely N-dealkylation sites (tertiary alicyclic amines) is 2. The number of thiophene rings is 1. The van der Waals surface area contributed by atoms with Crippen LogP contribution in [-0.2, 0) is 9.53 Å². The third-order valence-electron chi connectivity index (χ3n) is 7.49. The molecule has 12 heteroatoms. The summed E-state index contributed by atoms with van der Waals surface area (Å²) in [5.74, 6) is -0.474. The fourth-order valence-corrected chi connectivity index (χ4v) is 6.79. The average Bonchev–Trinajstić information content (AvgIpc) is 3.30. The molecule has 0 saturated carbocycles. The van der Waals surface area contributed by atoms with Crippen LogP contribution in [0.1, 0.15) is 55.6 Å². The van der Waals surface area contributed by atoms with Crippen LogP contribution in [0.5, 0.6) is 0 Å². The van der Waals surface area contributed by atoms with Crippen LogP contribution in [0.15, 0.2) is 12.1 Å². The van der Waals surface area contributed by atoms with Crippen molar-refractivity contribution in [3.63, 3.8) is 0 Å². The van der Waals surface area contributed by atoms with E-state index in [9.17, 15) is 24.3 Å². The molecule has 3 aliphatic heterocycles. The van der Waals surface area contributed by atoms with Crippen LogP contribution >= 0.6 is 11.3 Å². The highest BCUT2D eigenvalue weighted by Crippen LogP contribution is 2.38. The summed E-state index contributed by atoms with van der Waals surface area (Å²) in [5, 5.41) is 12.6. The summed E-state index contributed by atoms with van der Waals surface area (Å²) in [7, 11) is 0. The minimum absolute atomic E-state index is 0.154. The van der Waals surface area contributed by atoms with Crippen molar-refractivity contribution in [3.05, 3.63) is 23.4 Å². The molecule has 4 amide bonds. The van der Waals surface area contributed by atoms with Crippen LogP contribution in [0.2, 0.25) is 0 Å². The number of carbonyl (C=O) groups excluding carboxylic acids is 3. The zero-order chi connectivity index (χ0) is 26.5. The van der Waals surface area contributed by atoms with E-state index in [1.807, 2.05) is 19.1 Å². The van der Waals surface area contributed by atoms with Crippen molar-refractivity contribution < 1.29 is 29.0 Å². The first-order chi connectivity index (χ1) is 17.6. The molecule has 1 unspecified atom stereocenters. The fourth-order valence-electron chi connectivity index (χ4n) is 5.69. The number of piperidine rings is 2. The predicted octanol–water partition coefficient (Wildman–Crippen LogP) is 3.52. The first-order valence-electron chi connectivity index (χ1n) is 12.6. The molecule has 0 bridgehead atoms. The summed E-state index contributed by atoms with van der Waals surface area (Å²) in [6, 6.07) is 3.53. The normalized spacial score (nSPS) is 23.4. The van der Waals surface area contributed by atoms with E-state index in [0.29, 0.717) is 54.7 Å². The SMILES string of the molecule is Cc1ccc2c(C(=O)N3CCC(N4CCCC5(C4)OC(=O)N(C(C)C)C5=O)CC3)c(NC(=O)O)sc2n1. The summed E-state index contributed by atoms with van der Waals surface area (Å²) < 4.78 is 5.67. The fraction of sp³-hybridized carbons (Fsp3) is 0.560. The number of aromatic nitrogens is 1. The number of aryl methyl sites for hydroxylation is 1. The van der Waals surface area contributed by atoms with Crippen molar-refractivity contribution in [2.45, 2.75) is 64.1 Å². The average molecular weight is 530 g/mol. The number of fused-ring (bicyclic) bond motifs is 1. The summed E-state index contributed by atoms with van der Waals surface area (Å²) in [4.78, 5) is 60.8. The monoisotopic (exact) mass is 529 g/mol. The second-order valence-electron chi connectivity index (χ2n) is 10.3. The minimum Gasteiger partial charge on any atom is -0.465 e. The lowest BCUT2D eigenvalue weighted by Crippen LogP contribution is -2.58. The molecule has 2 aromatic rings. The van der Waals surface area contributed by atoms with Crippen molar-refractivity contribution in [1.82, 2.24) is 19.7 Å². The molecule has 5 heterocycles. The maximum atomic E-state index is 13.6. The summed E-state index contributed by atoms with van der Waals surface area (Å²) in [6.07, 6.45) is 0.890. The molecule has 5 rings (SSSR count). The number of carbonyl (C=O) groups is 4. The van der Waals surface area contributed by atoms with Crippen LogP contribution in [0.3, 0.4) is 0 Å². The Morgan fingerprint density at radius 1 is 1.22 bits per heavy atom. The zero-order valence-electron chi connectivity index (χ0n) is 21.2. The van der Waals surface area contributed by atoms with Gasteiger partial charge < -0.3 is 14.7 Å². The van der Waals surface area contributed by atoms with Crippen LogP contribution in [0, 0.1) is 6.92 Å². The lowest BCUT2D eigenvalue weighted by atomic mass is 9.89. The highest BCUT2D eigenvalue weighted by molar-refractivity contribution is 7.23. The Labute approximate surface area is 218 Å². The van der Waals surface area contributed by atoms with E-state index in [1.165, 1.54) is 4.90 Å². The van der Waals surface area contributed by atoms with Gasteiger partial charge in [-0.05, 0) is 65.1 Å². The lowest BCUT2D eigenvalue weighted by Gasteiger charge is -2.44. The molecule has 0 aromatic carbocycles.